The van der Waals surface area contributed by atoms with E-state index in [1.807, 2.05) is 0 Å². The molecule has 3 fully saturated rings. The summed E-state index contributed by atoms with van der Waals surface area (Å²) in [6.45, 7) is 3.27. The first-order chi connectivity index (χ1) is 10.9. The van der Waals surface area contributed by atoms with E-state index in [2.05, 4.69) is 0 Å². The molecule has 0 amide bonds. The van der Waals surface area contributed by atoms with Crippen molar-refractivity contribution in [1.82, 2.24) is 8.61 Å². The lowest BCUT2D eigenvalue weighted by Gasteiger charge is -2.50. The standard InChI is InChI=1S/C16H30N2O4S/c1-17(2)23(19,20)18-9-7-15-16(12-18,8-4-10-22-15)13-21-11-14-5-3-6-14/h14-15H,3-13H2,1-2H3/t15-,16-/m1/s1. The Hall–Kier alpha value is -0.210. The molecular formula is C16H30N2O4S. The quantitative estimate of drug-likeness (QED) is 0.731. The van der Waals surface area contributed by atoms with Gasteiger partial charge in [-0.1, -0.05) is 6.42 Å². The van der Waals surface area contributed by atoms with E-state index in [1.165, 1.54) is 23.6 Å². The van der Waals surface area contributed by atoms with E-state index in [0.29, 0.717) is 25.6 Å². The molecule has 3 aliphatic rings. The SMILES string of the molecule is CN(C)S(=O)(=O)N1CC[C@H]2OCCC[C@]2(COCC2CCC2)C1. The Kier molecular flexibility index (Phi) is 5.33. The summed E-state index contributed by atoms with van der Waals surface area (Å²) in [6.07, 6.45) is 6.73. The molecule has 0 aromatic rings. The van der Waals surface area contributed by atoms with Gasteiger partial charge in [-0.15, -0.1) is 0 Å². The molecule has 0 spiro atoms. The molecule has 0 aromatic carbocycles. The van der Waals surface area contributed by atoms with Gasteiger partial charge in [-0.2, -0.15) is 17.0 Å². The van der Waals surface area contributed by atoms with Crippen molar-refractivity contribution in [2.75, 3.05) is 47.0 Å². The Balaban J connectivity index is 1.68. The van der Waals surface area contributed by atoms with Crippen LogP contribution < -0.4 is 0 Å². The van der Waals surface area contributed by atoms with Crippen LogP contribution in [0.15, 0.2) is 0 Å². The van der Waals surface area contributed by atoms with Gasteiger partial charge in [-0.25, -0.2) is 0 Å². The van der Waals surface area contributed by atoms with Gasteiger partial charge < -0.3 is 9.47 Å². The van der Waals surface area contributed by atoms with Gasteiger partial charge in [0.25, 0.3) is 10.2 Å². The summed E-state index contributed by atoms with van der Waals surface area (Å²) >= 11 is 0. The fourth-order valence-corrected chi connectivity index (χ4v) is 5.19. The molecule has 0 bridgehead atoms. The van der Waals surface area contributed by atoms with E-state index < -0.39 is 10.2 Å². The first kappa shape index (κ1) is 17.6. The van der Waals surface area contributed by atoms with Crippen LogP contribution in [0.25, 0.3) is 0 Å². The average molecular weight is 346 g/mol. The van der Waals surface area contributed by atoms with Crippen molar-refractivity contribution in [3.63, 3.8) is 0 Å². The maximum Gasteiger partial charge on any atom is 0.281 e. The molecule has 0 unspecified atom stereocenters. The van der Waals surface area contributed by atoms with Gasteiger partial charge in [0.1, 0.15) is 0 Å². The van der Waals surface area contributed by atoms with Crippen molar-refractivity contribution >= 4 is 10.2 Å². The van der Waals surface area contributed by atoms with Gasteiger partial charge in [0.15, 0.2) is 0 Å². The van der Waals surface area contributed by atoms with Crippen LogP contribution >= 0.6 is 0 Å². The van der Waals surface area contributed by atoms with E-state index in [0.717, 1.165) is 32.5 Å². The van der Waals surface area contributed by atoms with Gasteiger partial charge in [0.2, 0.25) is 0 Å². The third-order valence-electron chi connectivity index (χ3n) is 5.71. The molecule has 3 rings (SSSR count). The highest BCUT2D eigenvalue weighted by molar-refractivity contribution is 7.86. The number of hydrogen-bond acceptors (Lipinski definition) is 4. The highest BCUT2D eigenvalue weighted by Gasteiger charge is 2.49. The van der Waals surface area contributed by atoms with Gasteiger partial charge in [0.05, 0.1) is 12.7 Å². The zero-order chi connectivity index (χ0) is 16.5. The van der Waals surface area contributed by atoms with Gasteiger partial charge in [-0.05, 0) is 38.0 Å². The summed E-state index contributed by atoms with van der Waals surface area (Å²) in [5, 5.41) is 0. The molecule has 6 nitrogen and oxygen atoms in total. The molecule has 0 radical (unpaired) electrons. The van der Waals surface area contributed by atoms with Crippen LogP contribution in [0.4, 0.5) is 0 Å². The van der Waals surface area contributed by atoms with E-state index in [1.54, 1.807) is 18.4 Å². The summed E-state index contributed by atoms with van der Waals surface area (Å²) in [5.41, 5.74) is -0.177. The largest absolute Gasteiger partial charge is 0.380 e. The van der Waals surface area contributed by atoms with Crippen LogP contribution in [0.1, 0.15) is 38.5 Å². The minimum atomic E-state index is -3.37. The first-order valence-corrected chi connectivity index (χ1v) is 10.2. The van der Waals surface area contributed by atoms with E-state index in [4.69, 9.17) is 9.47 Å². The molecule has 2 aliphatic heterocycles. The van der Waals surface area contributed by atoms with Crippen LogP contribution in [-0.2, 0) is 19.7 Å². The first-order valence-electron chi connectivity index (χ1n) is 8.81. The molecule has 2 saturated heterocycles. The number of fused-ring (bicyclic) bond motifs is 1. The normalized spacial score (nSPS) is 33.4. The third-order valence-corrected chi connectivity index (χ3v) is 7.60. The molecule has 2 atom stereocenters. The smallest absolute Gasteiger partial charge is 0.281 e. The Bertz CT molecular complexity index is 506. The van der Waals surface area contributed by atoms with Crippen molar-refractivity contribution in [2.45, 2.75) is 44.6 Å². The number of hydrogen-bond donors (Lipinski definition) is 0. The molecular weight excluding hydrogens is 316 g/mol. The van der Waals surface area contributed by atoms with Crippen molar-refractivity contribution < 1.29 is 17.9 Å². The van der Waals surface area contributed by atoms with E-state index in [9.17, 15) is 8.42 Å². The second kappa shape index (κ2) is 6.96. The molecule has 2 heterocycles. The topological polar surface area (TPSA) is 59.1 Å². The number of rotatable bonds is 6. The Morgan fingerprint density at radius 1 is 1.26 bits per heavy atom. The van der Waals surface area contributed by atoms with Crippen LogP contribution in [-0.4, -0.2) is 70.1 Å². The summed E-state index contributed by atoms with van der Waals surface area (Å²) < 4.78 is 40.0. The third kappa shape index (κ3) is 3.58. The summed E-state index contributed by atoms with van der Waals surface area (Å²) in [6, 6.07) is 0. The number of nitrogens with zero attached hydrogens (tertiary/aromatic N) is 2. The van der Waals surface area contributed by atoms with Crippen molar-refractivity contribution in [1.29, 1.82) is 0 Å². The summed E-state index contributed by atoms with van der Waals surface area (Å²) in [5.74, 6) is 0.708. The highest BCUT2D eigenvalue weighted by atomic mass is 32.2. The van der Waals surface area contributed by atoms with Gasteiger partial charge >= 0.3 is 0 Å². The van der Waals surface area contributed by atoms with E-state index >= 15 is 0 Å². The summed E-state index contributed by atoms with van der Waals surface area (Å²) in [4.78, 5) is 0. The van der Waals surface area contributed by atoms with Gasteiger partial charge in [0, 0.05) is 45.8 Å². The van der Waals surface area contributed by atoms with Crippen molar-refractivity contribution in [2.24, 2.45) is 11.3 Å². The van der Waals surface area contributed by atoms with E-state index in [-0.39, 0.29) is 11.5 Å². The lowest BCUT2D eigenvalue weighted by molar-refractivity contribution is -0.146. The average Bonchev–Trinajstić information content (AvgIpc) is 2.49. The molecule has 0 aromatic heterocycles. The maximum atomic E-state index is 12.5. The number of ether oxygens (including phenoxy) is 2. The van der Waals surface area contributed by atoms with Crippen molar-refractivity contribution in [3.8, 4) is 0 Å². The summed E-state index contributed by atoms with van der Waals surface area (Å²) in [7, 11) is -0.176. The lowest BCUT2D eigenvalue weighted by atomic mass is 9.73. The fraction of sp³-hybridized carbons (Fsp3) is 1.00. The molecule has 7 heteroatoms. The maximum absolute atomic E-state index is 12.5. The molecule has 1 saturated carbocycles. The molecule has 134 valence electrons. The second-order valence-corrected chi connectivity index (χ2v) is 9.69. The lowest BCUT2D eigenvalue weighted by Crippen LogP contribution is -2.59. The van der Waals surface area contributed by atoms with Crippen LogP contribution in [0.3, 0.4) is 0 Å². The predicted molar refractivity (Wildman–Crippen MR) is 88.4 cm³/mol. The minimum Gasteiger partial charge on any atom is -0.380 e. The minimum absolute atomic E-state index is 0.131. The second-order valence-electron chi connectivity index (χ2n) is 7.55. The fourth-order valence-electron chi connectivity index (χ4n) is 3.98. The Labute approximate surface area is 140 Å². The Morgan fingerprint density at radius 3 is 2.70 bits per heavy atom. The monoisotopic (exact) mass is 346 g/mol. The van der Waals surface area contributed by atoms with Crippen LogP contribution in [0, 0.1) is 11.3 Å². The molecule has 23 heavy (non-hydrogen) atoms. The predicted octanol–water partition coefficient (Wildman–Crippen LogP) is 1.48. The molecule has 1 aliphatic carbocycles. The zero-order valence-electron chi connectivity index (χ0n) is 14.4. The number of piperidine rings is 1. The van der Waals surface area contributed by atoms with Crippen LogP contribution in [0.2, 0.25) is 0 Å². The highest BCUT2D eigenvalue weighted by Crippen LogP contribution is 2.41. The zero-order valence-corrected chi connectivity index (χ0v) is 15.2. The Morgan fingerprint density at radius 2 is 2.04 bits per heavy atom. The van der Waals surface area contributed by atoms with Gasteiger partial charge in [-0.3, -0.25) is 0 Å². The van der Waals surface area contributed by atoms with Crippen LogP contribution in [0.5, 0.6) is 0 Å². The molecule has 0 N–H and O–H groups in total. The van der Waals surface area contributed by atoms with Crippen molar-refractivity contribution in [3.05, 3.63) is 0 Å².